The van der Waals surface area contributed by atoms with Crippen molar-refractivity contribution in [1.82, 2.24) is 10.0 Å². The van der Waals surface area contributed by atoms with Gasteiger partial charge in [0.1, 0.15) is 13.5 Å². The molecule has 0 N–H and O–H groups in total. The molecule has 1 aliphatic rings. The van der Waals surface area contributed by atoms with Crippen molar-refractivity contribution >= 4 is 11.9 Å². The Morgan fingerprint density at radius 1 is 0.941 bits per heavy atom. The molecular weight excluding hydrogens is 228 g/mol. The molecule has 0 aromatic rings. The van der Waals surface area contributed by atoms with Crippen LogP contribution in [-0.4, -0.2) is 46.5 Å². The molecule has 0 aromatic carbocycles. The van der Waals surface area contributed by atoms with Crippen LogP contribution >= 0.6 is 0 Å². The molecular formula is C10H16N2O5-2. The number of hydrogen-bond acceptors (Lipinski definition) is 7. The van der Waals surface area contributed by atoms with Crippen LogP contribution in [-0.2, 0) is 14.3 Å². The third-order valence-electron chi connectivity index (χ3n) is 3.01. The molecule has 0 bridgehead atoms. The summed E-state index contributed by atoms with van der Waals surface area (Å²) in [6.07, 6.45) is 0. The number of carboxylic acid groups (broad SMARTS) is 2. The first-order valence-corrected chi connectivity index (χ1v) is 5.17. The number of rotatable bonds is 4. The molecule has 1 fully saturated rings. The molecule has 1 rings (SSSR count). The van der Waals surface area contributed by atoms with E-state index in [0.29, 0.717) is 0 Å². The molecule has 1 heterocycles. The van der Waals surface area contributed by atoms with E-state index in [2.05, 4.69) is 0 Å². The minimum absolute atomic E-state index is 0.00229. The summed E-state index contributed by atoms with van der Waals surface area (Å²) < 4.78 is 5.11. The highest BCUT2D eigenvalue weighted by atomic mass is 16.5. The van der Waals surface area contributed by atoms with Gasteiger partial charge in [-0.2, -0.15) is 0 Å². The molecule has 0 saturated carbocycles. The van der Waals surface area contributed by atoms with Crippen LogP contribution in [0, 0.1) is 0 Å². The lowest BCUT2D eigenvalue weighted by Crippen LogP contribution is -2.67. The number of hydrazine groups is 1. The number of carbonyl (C=O) groups is 2. The minimum atomic E-state index is -1.36. The Balaban J connectivity index is 3.03. The highest BCUT2D eigenvalue weighted by molar-refractivity contribution is 5.77. The Morgan fingerprint density at radius 2 is 1.24 bits per heavy atom. The first-order chi connectivity index (χ1) is 7.61. The van der Waals surface area contributed by atoms with Crippen molar-refractivity contribution in [3.63, 3.8) is 0 Å². The summed E-state index contributed by atoms with van der Waals surface area (Å²) in [4.78, 5) is 22.1. The lowest BCUT2D eigenvalue weighted by molar-refractivity contribution is -0.334. The van der Waals surface area contributed by atoms with Gasteiger partial charge >= 0.3 is 0 Å². The third-order valence-corrected chi connectivity index (χ3v) is 3.01. The van der Waals surface area contributed by atoms with E-state index in [9.17, 15) is 19.8 Å². The van der Waals surface area contributed by atoms with Gasteiger partial charge in [0.2, 0.25) is 0 Å². The molecule has 0 radical (unpaired) electrons. The van der Waals surface area contributed by atoms with Crippen LogP contribution in [0.15, 0.2) is 0 Å². The molecule has 1 saturated heterocycles. The third kappa shape index (κ3) is 2.26. The molecule has 17 heavy (non-hydrogen) atoms. The quantitative estimate of drug-likeness (QED) is 0.539. The van der Waals surface area contributed by atoms with E-state index in [1.54, 1.807) is 0 Å². The van der Waals surface area contributed by atoms with Gasteiger partial charge in [-0.1, -0.05) is 0 Å². The van der Waals surface area contributed by atoms with E-state index >= 15 is 0 Å². The van der Waals surface area contributed by atoms with Crippen molar-refractivity contribution < 1.29 is 24.5 Å². The zero-order chi connectivity index (χ0) is 13.4. The summed E-state index contributed by atoms with van der Waals surface area (Å²) in [5.41, 5.74) is -2.72. The van der Waals surface area contributed by atoms with Crippen LogP contribution in [0.4, 0.5) is 0 Å². The topological polar surface area (TPSA) is 96.0 Å². The summed E-state index contributed by atoms with van der Waals surface area (Å²) in [5, 5.41) is 24.7. The summed E-state index contributed by atoms with van der Waals surface area (Å²) in [7, 11) is 0. The van der Waals surface area contributed by atoms with Crippen LogP contribution < -0.4 is 10.2 Å². The van der Waals surface area contributed by atoms with E-state index < -0.39 is 23.0 Å². The van der Waals surface area contributed by atoms with Crippen molar-refractivity contribution in [1.29, 1.82) is 0 Å². The molecule has 0 spiro atoms. The smallest absolute Gasteiger partial charge is 0.115 e. The number of carbonyl (C=O) groups excluding carboxylic acids is 2. The van der Waals surface area contributed by atoms with Crippen LogP contribution in [0.3, 0.4) is 0 Å². The van der Waals surface area contributed by atoms with Gasteiger partial charge in [-0.05, 0) is 27.7 Å². The van der Waals surface area contributed by atoms with E-state index in [0.717, 1.165) is 0 Å². The number of aliphatic carboxylic acids is 2. The van der Waals surface area contributed by atoms with E-state index in [4.69, 9.17) is 4.74 Å². The molecule has 0 unspecified atom stereocenters. The van der Waals surface area contributed by atoms with Gasteiger partial charge in [0, 0.05) is 0 Å². The molecule has 0 aliphatic carbocycles. The minimum Gasteiger partial charge on any atom is -0.548 e. The zero-order valence-electron chi connectivity index (χ0n) is 10.3. The SMILES string of the molecule is CC(C)(C(=O)[O-])N1COCN1C(C)(C)C(=O)[O-]. The predicted molar refractivity (Wildman–Crippen MR) is 52.7 cm³/mol. The highest BCUT2D eigenvalue weighted by Crippen LogP contribution is 2.27. The molecule has 1 aliphatic heterocycles. The first-order valence-electron chi connectivity index (χ1n) is 5.17. The van der Waals surface area contributed by atoms with Crippen LogP contribution in [0.5, 0.6) is 0 Å². The second-order valence-electron chi connectivity index (χ2n) is 4.95. The Morgan fingerprint density at radius 3 is 1.47 bits per heavy atom. The normalized spacial score (nSPS) is 19.5. The van der Waals surface area contributed by atoms with Gasteiger partial charge in [0.25, 0.3) is 0 Å². The molecule has 98 valence electrons. The maximum absolute atomic E-state index is 11.1. The lowest BCUT2D eigenvalue weighted by atomic mass is 10.0. The number of hydrogen-bond donors (Lipinski definition) is 0. The Hall–Kier alpha value is -1.18. The van der Waals surface area contributed by atoms with Gasteiger partial charge in [0.05, 0.1) is 23.0 Å². The number of ether oxygens (including phenoxy) is 1. The Bertz CT molecular complexity index is 308. The maximum Gasteiger partial charge on any atom is 0.115 e. The fourth-order valence-corrected chi connectivity index (χ4v) is 1.49. The van der Waals surface area contributed by atoms with Gasteiger partial charge in [-0.15, -0.1) is 0 Å². The predicted octanol–water partition coefficient (Wildman–Crippen LogP) is -2.49. The van der Waals surface area contributed by atoms with Gasteiger partial charge in [-0.25, -0.2) is 10.0 Å². The van der Waals surface area contributed by atoms with Crippen molar-refractivity contribution in [3.05, 3.63) is 0 Å². The highest BCUT2D eigenvalue weighted by Gasteiger charge is 2.43. The average Bonchev–Trinajstić information content (AvgIpc) is 2.66. The zero-order valence-corrected chi connectivity index (χ0v) is 10.3. The number of nitrogens with zero attached hydrogens (tertiary/aromatic N) is 2. The van der Waals surface area contributed by atoms with Crippen LogP contribution in [0.1, 0.15) is 27.7 Å². The molecule has 7 heteroatoms. The number of carboxylic acids is 2. The largest absolute Gasteiger partial charge is 0.548 e. The van der Waals surface area contributed by atoms with E-state index in [-0.39, 0.29) is 13.5 Å². The second kappa shape index (κ2) is 4.25. The average molecular weight is 244 g/mol. The second-order valence-corrected chi connectivity index (χ2v) is 4.95. The van der Waals surface area contributed by atoms with Crippen molar-refractivity contribution in [2.24, 2.45) is 0 Å². The standard InChI is InChI=1S/C10H18N2O5/c1-9(2,7(13)14)11-5-17-6-12(11)10(3,4)8(15)16/h5-6H2,1-4H3,(H,13,14)(H,15,16)/p-2. The summed E-state index contributed by atoms with van der Waals surface area (Å²) in [5.74, 6) is -2.61. The fraction of sp³-hybridized carbons (Fsp3) is 0.800. The fourth-order valence-electron chi connectivity index (χ4n) is 1.49. The Labute approximate surface area is 99.5 Å². The van der Waals surface area contributed by atoms with Crippen LogP contribution in [0.2, 0.25) is 0 Å². The maximum atomic E-state index is 11.1. The van der Waals surface area contributed by atoms with Crippen molar-refractivity contribution in [3.8, 4) is 0 Å². The lowest BCUT2D eigenvalue weighted by Gasteiger charge is -2.46. The van der Waals surface area contributed by atoms with Crippen molar-refractivity contribution in [2.75, 3.05) is 13.5 Å². The molecule has 0 amide bonds. The van der Waals surface area contributed by atoms with Crippen molar-refractivity contribution in [2.45, 2.75) is 38.8 Å². The Kier molecular flexibility index (Phi) is 3.47. The van der Waals surface area contributed by atoms with Crippen LogP contribution in [0.25, 0.3) is 0 Å². The van der Waals surface area contributed by atoms with Gasteiger partial charge < -0.3 is 24.5 Å². The van der Waals surface area contributed by atoms with Gasteiger partial charge in [-0.3, -0.25) is 0 Å². The first kappa shape index (κ1) is 13.9. The van der Waals surface area contributed by atoms with Gasteiger partial charge in [0.15, 0.2) is 0 Å². The molecule has 0 atom stereocenters. The molecule has 7 nitrogen and oxygen atoms in total. The summed E-state index contributed by atoms with van der Waals surface area (Å²) >= 11 is 0. The van der Waals surface area contributed by atoms with E-state index in [1.807, 2.05) is 0 Å². The summed E-state index contributed by atoms with van der Waals surface area (Å²) in [6.45, 7) is 5.70. The summed E-state index contributed by atoms with van der Waals surface area (Å²) in [6, 6.07) is 0. The van der Waals surface area contributed by atoms with E-state index in [1.165, 1.54) is 37.7 Å². The monoisotopic (exact) mass is 244 g/mol. The molecule has 0 aromatic heterocycles.